The number of halogens is 3. The summed E-state index contributed by atoms with van der Waals surface area (Å²) >= 11 is 0. The lowest BCUT2D eigenvalue weighted by Crippen LogP contribution is -2.45. The SMILES string of the molecule is CCCNC(=O)C1CCCN(CC(=O)Nc2cc(C(F)(F)F)ccc2N2CCOCC2)C1. The maximum atomic E-state index is 13.3. The van der Waals surface area contributed by atoms with Crippen LogP contribution in [0.2, 0.25) is 0 Å². The number of carbonyl (C=O) groups is 2. The number of hydrogen-bond acceptors (Lipinski definition) is 5. The summed E-state index contributed by atoms with van der Waals surface area (Å²) in [5, 5.41) is 5.57. The van der Waals surface area contributed by atoms with Crippen molar-refractivity contribution < 1.29 is 27.5 Å². The van der Waals surface area contributed by atoms with Gasteiger partial charge in [0.1, 0.15) is 0 Å². The Morgan fingerprint density at radius 1 is 1.19 bits per heavy atom. The van der Waals surface area contributed by atoms with Gasteiger partial charge in [0.15, 0.2) is 0 Å². The number of rotatable bonds is 7. The molecular weight excluding hydrogens is 425 g/mol. The molecule has 2 aliphatic heterocycles. The monoisotopic (exact) mass is 456 g/mol. The summed E-state index contributed by atoms with van der Waals surface area (Å²) in [6.45, 7) is 5.78. The molecule has 1 aromatic carbocycles. The number of alkyl halides is 3. The maximum absolute atomic E-state index is 13.3. The predicted octanol–water partition coefficient (Wildman–Crippen LogP) is 2.72. The van der Waals surface area contributed by atoms with Gasteiger partial charge in [-0.25, -0.2) is 0 Å². The van der Waals surface area contributed by atoms with Gasteiger partial charge < -0.3 is 20.3 Å². The van der Waals surface area contributed by atoms with Crippen molar-refractivity contribution in [2.45, 2.75) is 32.4 Å². The first-order valence-electron chi connectivity index (χ1n) is 11.1. The maximum Gasteiger partial charge on any atom is 0.416 e. The lowest BCUT2D eigenvalue weighted by molar-refractivity contribution is -0.137. The average molecular weight is 457 g/mol. The summed E-state index contributed by atoms with van der Waals surface area (Å²) in [5.74, 6) is -0.585. The number of nitrogens with zero attached hydrogens (tertiary/aromatic N) is 2. The van der Waals surface area contributed by atoms with E-state index in [1.807, 2.05) is 16.7 Å². The Labute approximate surface area is 186 Å². The molecule has 32 heavy (non-hydrogen) atoms. The van der Waals surface area contributed by atoms with Gasteiger partial charge in [-0.05, 0) is 44.0 Å². The second-order valence-electron chi connectivity index (χ2n) is 8.24. The summed E-state index contributed by atoms with van der Waals surface area (Å²) in [4.78, 5) is 28.8. The van der Waals surface area contributed by atoms with E-state index >= 15 is 0 Å². The zero-order valence-electron chi connectivity index (χ0n) is 18.3. The molecule has 1 unspecified atom stereocenters. The van der Waals surface area contributed by atoms with Gasteiger partial charge >= 0.3 is 6.18 Å². The molecule has 0 spiro atoms. The highest BCUT2D eigenvalue weighted by Gasteiger charge is 2.32. The molecule has 1 aromatic rings. The fourth-order valence-corrected chi connectivity index (χ4v) is 4.09. The van der Waals surface area contributed by atoms with E-state index in [4.69, 9.17) is 4.74 Å². The van der Waals surface area contributed by atoms with Crippen LogP contribution in [0.3, 0.4) is 0 Å². The molecule has 2 N–H and O–H groups in total. The molecule has 2 heterocycles. The smallest absolute Gasteiger partial charge is 0.378 e. The number of amides is 2. The van der Waals surface area contributed by atoms with Crippen molar-refractivity contribution in [1.29, 1.82) is 0 Å². The first-order chi connectivity index (χ1) is 15.3. The van der Waals surface area contributed by atoms with Crippen LogP contribution in [-0.4, -0.2) is 69.2 Å². The lowest BCUT2D eigenvalue weighted by Gasteiger charge is -2.32. The van der Waals surface area contributed by atoms with Crippen molar-refractivity contribution in [3.8, 4) is 0 Å². The van der Waals surface area contributed by atoms with Crippen molar-refractivity contribution in [2.24, 2.45) is 5.92 Å². The Morgan fingerprint density at radius 2 is 1.94 bits per heavy atom. The number of ether oxygens (including phenoxy) is 1. The van der Waals surface area contributed by atoms with Crippen LogP contribution in [0.1, 0.15) is 31.7 Å². The van der Waals surface area contributed by atoms with Gasteiger partial charge in [0.25, 0.3) is 0 Å². The number of piperidine rings is 1. The van der Waals surface area contributed by atoms with E-state index < -0.39 is 17.6 Å². The summed E-state index contributed by atoms with van der Waals surface area (Å²) in [7, 11) is 0. The van der Waals surface area contributed by atoms with Gasteiger partial charge in [0.2, 0.25) is 11.8 Å². The minimum absolute atomic E-state index is 0.00978. The number of carbonyl (C=O) groups excluding carboxylic acids is 2. The van der Waals surface area contributed by atoms with Crippen LogP contribution in [0, 0.1) is 5.92 Å². The molecule has 0 radical (unpaired) electrons. The number of benzene rings is 1. The van der Waals surface area contributed by atoms with Crippen molar-refractivity contribution in [3.05, 3.63) is 23.8 Å². The zero-order chi connectivity index (χ0) is 23.1. The van der Waals surface area contributed by atoms with E-state index in [0.29, 0.717) is 51.6 Å². The van der Waals surface area contributed by atoms with Crippen molar-refractivity contribution >= 4 is 23.2 Å². The summed E-state index contributed by atoms with van der Waals surface area (Å²) in [5.41, 5.74) is -0.124. The topological polar surface area (TPSA) is 73.9 Å². The van der Waals surface area contributed by atoms with Crippen LogP contribution >= 0.6 is 0 Å². The fraction of sp³-hybridized carbons (Fsp3) is 0.636. The molecule has 0 aromatic heterocycles. The van der Waals surface area contributed by atoms with Gasteiger partial charge in [0.05, 0.1) is 42.6 Å². The number of nitrogens with one attached hydrogen (secondary N) is 2. The Morgan fingerprint density at radius 3 is 2.62 bits per heavy atom. The molecule has 178 valence electrons. The Bertz CT molecular complexity index is 797. The van der Waals surface area contributed by atoms with Crippen molar-refractivity contribution in [2.75, 3.05) is 62.7 Å². The van der Waals surface area contributed by atoms with E-state index in [9.17, 15) is 22.8 Å². The molecule has 7 nitrogen and oxygen atoms in total. The van der Waals surface area contributed by atoms with Crippen LogP contribution in [0.15, 0.2) is 18.2 Å². The number of anilines is 2. The van der Waals surface area contributed by atoms with Gasteiger partial charge in [-0.2, -0.15) is 13.2 Å². The molecule has 2 saturated heterocycles. The quantitative estimate of drug-likeness (QED) is 0.660. The van der Waals surface area contributed by atoms with Crippen LogP contribution in [0.4, 0.5) is 24.5 Å². The highest BCUT2D eigenvalue weighted by molar-refractivity contribution is 5.96. The molecular formula is C22H31F3N4O3. The molecule has 0 aliphatic carbocycles. The third-order valence-electron chi connectivity index (χ3n) is 5.74. The third kappa shape index (κ3) is 6.59. The summed E-state index contributed by atoms with van der Waals surface area (Å²) in [6, 6.07) is 3.42. The normalized spacial score (nSPS) is 20.1. The third-order valence-corrected chi connectivity index (χ3v) is 5.74. The second-order valence-corrected chi connectivity index (χ2v) is 8.24. The van der Waals surface area contributed by atoms with Gasteiger partial charge in [-0.3, -0.25) is 14.5 Å². The molecule has 2 amide bonds. The molecule has 10 heteroatoms. The van der Waals surface area contributed by atoms with E-state index in [-0.39, 0.29) is 24.1 Å². The first kappa shape index (κ1) is 24.3. The number of likely N-dealkylation sites (tertiary alicyclic amines) is 1. The Hall–Kier alpha value is -2.33. The highest BCUT2D eigenvalue weighted by atomic mass is 19.4. The molecule has 3 rings (SSSR count). The fourth-order valence-electron chi connectivity index (χ4n) is 4.09. The summed E-state index contributed by atoms with van der Waals surface area (Å²) in [6.07, 6.45) is -2.09. The zero-order valence-corrected chi connectivity index (χ0v) is 18.3. The van der Waals surface area contributed by atoms with E-state index in [2.05, 4.69) is 10.6 Å². The van der Waals surface area contributed by atoms with Crippen LogP contribution in [0.5, 0.6) is 0 Å². The molecule has 0 bridgehead atoms. The van der Waals surface area contributed by atoms with Crippen LogP contribution in [-0.2, 0) is 20.5 Å². The van der Waals surface area contributed by atoms with Crippen LogP contribution < -0.4 is 15.5 Å². The number of morpholine rings is 1. The van der Waals surface area contributed by atoms with Crippen molar-refractivity contribution in [3.63, 3.8) is 0 Å². The molecule has 1 atom stereocenters. The predicted molar refractivity (Wildman–Crippen MR) is 116 cm³/mol. The highest BCUT2D eigenvalue weighted by Crippen LogP contribution is 2.35. The van der Waals surface area contributed by atoms with Gasteiger partial charge in [-0.1, -0.05) is 6.92 Å². The minimum Gasteiger partial charge on any atom is -0.378 e. The van der Waals surface area contributed by atoms with Crippen LogP contribution in [0.25, 0.3) is 0 Å². The Kier molecular flexibility index (Phi) is 8.36. The minimum atomic E-state index is -4.51. The van der Waals surface area contributed by atoms with Crippen molar-refractivity contribution in [1.82, 2.24) is 10.2 Å². The van der Waals surface area contributed by atoms with Gasteiger partial charge in [0, 0.05) is 26.2 Å². The second kappa shape index (κ2) is 11.0. The van der Waals surface area contributed by atoms with E-state index in [1.165, 1.54) is 6.07 Å². The molecule has 2 aliphatic rings. The number of hydrogen-bond donors (Lipinski definition) is 2. The van der Waals surface area contributed by atoms with E-state index in [0.717, 1.165) is 31.4 Å². The standard InChI is InChI=1S/C22H31F3N4O3/c1-2-7-26-21(31)16-4-3-8-28(14-16)15-20(30)27-18-13-17(22(23,24)25)5-6-19(18)29-9-11-32-12-10-29/h5-6,13,16H,2-4,7-12,14-15H2,1H3,(H,26,31)(H,27,30). The first-order valence-corrected chi connectivity index (χ1v) is 11.1. The Balaban J connectivity index is 1.68. The van der Waals surface area contributed by atoms with Gasteiger partial charge in [-0.15, -0.1) is 0 Å². The molecule has 0 saturated carbocycles. The molecule has 2 fully saturated rings. The summed E-state index contributed by atoms with van der Waals surface area (Å²) < 4.78 is 45.1. The lowest BCUT2D eigenvalue weighted by atomic mass is 9.97. The largest absolute Gasteiger partial charge is 0.416 e. The average Bonchev–Trinajstić information content (AvgIpc) is 2.77. The van der Waals surface area contributed by atoms with E-state index in [1.54, 1.807) is 0 Å².